The molecule has 474 valence electrons. The van der Waals surface area contributed by atoms with Crippen LogP contribution >= 0.6 is 33.2 Å². The highest BCUT2D eigenvalue weighted by atomic mass is 35.5. The van der Waals surface area contributed by atoms with Gasteiger partial charge in [-0.25, -0.2) is 9.79 Å². The number of benzene rings is 5. The largest absolute Gasteiger partial charge is 0.508 e. The number of aliphatic hydroxyl groups excluding tert-OH is 1. The van der Waals surface area contributed by atoms with Gasteiger partial charge in [-0.2, -0.15) is 0 Å². The van der Waals surface area contributed by atoms with Gasteiger partial charge in [-0.05, 0) is 128 Å². The molecule has 1 saturated heterocycles. The fourth-order valence-electron chi connectivity index (χ4n) is 8.93. The molecule has 6 rings (SSSR count). The van der Waals surface area contributed by atoms with Crippen LogP contribution in [-0.2, 0) is 64.0 Å². The van der Waals surface area contributed by atoms with Crippen molar-refractivity contribution in [1.82, 2.24) is 31.9 Å². The molecule has 10 amide bonds. The van der Waals surface area contributed by atoms with Gasteiger partial charge in [0.05, 0.1) is 19.3 Å². The summed E-state index contributed by atoms with van der Waals surface area (Å²) in [6.45, 7) is 1.52. The number of aliphatic imine (C=N–C) groups is 1. The fourth-order valence-corrected chi connectivity index (χ4v) is 11.4. The van der Waals surface area contributed by atoms with Crippen molar-refractivity contribution in [2.45, 2.75) is 107 Å². The van der Waals surface area contributed by atoms with Gasteiger partial charge in [0.15, 0.2) is 0 Å². The highest BCUT2D eigenvalue weighted by Gasteiger charge is 2.36. The van der Waals surface area contributed by atoms with Crippen LogP contribution in [-0.4, -0.2) is 148 Å². The molecule has 17 N–H and O–H groups in total. The van der Waals surface area contributed by atoms with E-state index in [1.807, 2.05) is 0 Å². The first kappa shape index (κ1) is 69.4. The van der Waals surface area contributed by atoms with Gasteiger partial charge in [-0.15, -0.1) is 0 Å². The number of urea groups is 1. The van der Waals surface area contributed by atoms with E-state index in [1.54, 1.807) is 72.8 Å². The van der Waals surface area contributed by atoms with Gasteiger partial charge < -0.3 is 79.8 Å². The SMILES string of the molecule is COc1ccc(NC(=O)Nc2ccc(C[C@H]3NC(=O)[C@H](Cc4ccc(O)cc4)NC(=O)[C@H](NC(=O)[C@@H](N)Cc4ccc(Cl)cc4)CSSC[C@@H](C(=O)N=C(Cc4ccc(O)cc4)C(N)=O)NC(=O)[C@H]([C@@H](C)O)NC(=O)[C@H](CCCCCN)NC3=O)cc2)cc1. The lowest BCUT2D eigenvalue weighted by molar-refractivity contribution is -0.136. The number of rotatable bonds is 21. The highest BCUT2D eigenvalue weighted by molar-refractivity contribution is 8.76. The lowest BCUT2D eigenvalue weighted by atomic mass is 10.0. The standard InChI is InChI=1S/C61H73ClN12O13S2/c1-34(75)52-60(85)73-51(58(83)69-47(53(65)78)29-37-11-21-42(76)22-12-37)33-89-88-32-50(72-54(79)45(64)28-35-7-15-39(62)16-8-35)59(84)71-49(31-38-13-23-43(77)24-14-38)57(82)70-48(56(81)68-46(55(80)74-52)6-4-3-5-27-63)30-36-9-17-40(18-10-36)66-61(86)67-41-19-25-44(87-2)26-20-41/h7-26,34,45-46,48-52,75-77H,3-6,27-33,63-64H2,1-2H3,(H2,65,78)(H,68,81)(H,70,82)(H,71,84)(H,72,79)(H,73,85)(H,74,80)(H2,66,67,86)/t34-,45+,46+,48-,49+,50-,51+,52+/m1/s1. The van der Waals surface area contributed by atoms with Crippen LogP contribution in [0.2, 0.25) is 5.02 Å². The van der Waals surface area contributed by atoms with E-state index in [1.165, 1.54) is 62.6 Å². The van der Waals surface area contributed by atoms with Crippen LogP contribution in [0.1, 0.15) is 54.9 Å². The number of hydrogen-bond acceptors (Lipinski definition) is 17. The molecule has 5 aromatic carbocycles. The fraction of sp³-hybridized carbons (Fsp3) is 0.344. The number of aromatic hydroxyl groups is 2. The number of nitrogens with one attached hydrogen (secondary N) is 8. The van der Waals surface area contributed by atoms with Crippen LogP contribution in [0.4, 0.5) is 16.2 Å². The zero-order valence-corrected chi connectivity index (χ0v) is 51.1. The van der Waals surface area contributed by atoms with Crippen LogP contribution in [0.3, 0.4) is 0 Å². The van der Waals surface area contributed by atoms with Crippen LogP contribution < -0.4 is 64.5 Å². The number of carbonyl (C=O) groups excluding carboxylic acids is 9. The van der Waals surface area contributed by atoms with Crippen molar-refractivity contribution in [3.05, 3.63) is 149 Å². The van der Waals surface area contributed by atoms with Crippen molar-refractivity contribution in [3.8, 4) is 17.2 Å². The summed E-state index contributed by atoms with van der Waals surface area (Å²) in [5.74, 6) is -7.92. The topological polar surface area (TPSA) is 410 Å². The van der Waals surface area contributed by atoms with Gasteiger partial charge in [0.2, 0.25) is 35.4 Å². The van der Waals surface area contributed by atoms with Gasteiger partial charge in [0.25, 0.3) is 11.8 Å². The summed E-state index contributed by atoms with van der Waals surface area (Å²) in [7, 11) is 3.37. The van der Waals surface area contributed by atoms with Crippen molar-refractivity contribution < 1.29 is 63.2 Å². The van der Waals surface area contributed by atoms with Crippen LogP contribution in [0.5, 0.6) is 17.2 Å². The number of nitrogens with two attached hydrogens (primary N) is 3. The Morgan fingerprint density at radius 2 is 1.16 bits per heavy atom. The summed E-state index contributed by atoms with van der Waals surface area (Å²) in [4.78, 5) is 132. The summed E-state index contributed by atoms with van der Waals surface area (Å²) >= 11 is 6.10. The molecule has 8 atom stereocenters. The van der Waals surface area contributed by atoms with Crippen molar-refractivity contribution >= 4 is 104 Å². The Morgan fingerprint density at radius 1 is 0.652 bits per heavy atom. The second-order valence-corrected chi connectivity index (χ2v) is 23.8. The first-order chi connectivity index (χ1) is 42.6. The molecule has 28 heteroatoms. The maximum Gasteiger partial charge on any atom is 0.323 e. The molecular weight excluding hydrogens is 1210 g/mol. The van der Waals surface area contributed by atoms with Gasteiger partial charge in [-0.3, -0.25) is 38.4 Å². The number of amides is 10. The molecule has 0 spiro atoms. The maximum absolute atomic E-state index is 15.0. The van der Waals surface area contributed by atoms with Crippen molar-refractivity contribution in [3.63, 3.8) is 0 Å². The number of phenolic OH excluding ortho intramolecular Hbond substituents is 2. The van der Waals surface area contributed by atoms with E-state index in [4.69, 9.17) is 33.5 Å². The first-order valence-corrected chi connectivity index (χ1v) is 31.2. The third-order valence-electron chi connectivity index (χ3n) is 13.9. The van der Waals surface area contributed by atoms with E-state index in [0.29, 0.717) is 70.2 Å². The number of aliphatic hydroxyl groups is 1. The molecule has 1 aliphatic heterocycles. The molecule has 0 unspecified atom stereocenters. The number of phenols is 2. The Kier molecular flexibility index (Phi) is 27.1. The van der Waals surface area contributed by atoms with Crippen LogP contribution in [0, 0.1) is 0 Å². The lowest BCUT2D eigenvalue weighted by Gasteiger charge is -2.29. The minimum Gasteiger partial charge on any atom is -0.508 e. The minimum atomic E-state index is -1.79. The number of carbonyl (C=O) groups is 9. The van der Waals surface area contributed by atoms with Crippen molar-refractivity contribution in [2.75, 3.05) is 35.8 Å². The molecule has 1 fully saturated rings. The second kappa shape index (κ2) is 34.7. The summed E-state index contributed by atoms with van der Waals surface area (Å²) in [6.07, 6.45) is -1.05. The average Bonchev–Trinajstić information content (AvgIpc) is 3.05. The van der Waals surface area contributed by atoms with Gasteiger partial charge in [-0.1, -0.05) is 94.6 Å². The predicted molar refractivity (Wildman–Crippen MR) is 340 cm³/mol. The first-order valence-electron chi connectivity index (χ1n) is 28.3. The molecule has 1 aliphatic rings. The molecule has 0 saturated carbocycles. The lowest BCUT2D eigenvalue weighted by Crippen LogP contribution is -2.61. The van der Waals surface area contributed by atoms with E-state index >= 15 is 0 Å². The molecule has 89 heavy (non-hydrogen) atoms. The maximum atomic E-state index is 15.0. The van der Waals surface area contributed by atoms with Gasteiger partial charge in [0, 0.05) is 47.2 Å². The van der Waals surface area contributed by atoms with Crippen molar-refractivity contribution in [1.29, 1.82) is 0 Å². The molecule has 1 heterocycles. The normalized spacial score (nSPS) is 19.8. The third-order valence-corrected chi connectivity index (χ3v) is 16.6. The Bertz CT molecular complexity index is 3270. The van der Waals surface area contributed by atoms with E-state index in [2.05, 4.69) is 47.5 Å². The quantitative estimate of drug-likeness (QED) is 0.0285. The molecule has 0 aliphatic carbocycles. The Morgan fingerprint density at radius 3 is 1.71 bits per heavy atom. The van der Waals surface area contributed by atoms with E-state index in [0.717, 1.165) is 21.6 Å². The highest BCUT2D eigenvalue weighted by Crippen LogP contribution is 2.25. The molecular formula is C61H73ClN12O13S2. The number of hydrogen-bond donors (Lipinski definition) is 14. The van der Waals surface area contributed by atoms with Gasteiger partial charge >= 0.3 is 6.03 Å². The van der Waals surface area contributed by atoms with E-state index in [9.17, 15) is 58.5 Å². The molecule has 0 bridgehead atoms. The summed E-state index contributed by atoms with van der Waals surface area (Å²) in [5, 5.41) is 53.0. The summed E-state index contributed by atoms with van der Waals surface area (Å²) in [5.41, 5.74) is 20.3. The monoisotopic (exact) mass is 1280 g/mol. The molecule has 25 nitrogen and oxygen atoms in total. The Balaban J connectivity index is 1.39. The molecule has 0 radical (unpaired) electrons. The number of methoxy groups -OCH3 is 1. The number of ether oxygens (including phenoxy) is 1. The van der Waals surface area contributed by atoms with Crippen LogP contribution in [0.25, 0.3) is 0 Å². The summed E-state index contributed by atoms with van der Waals surface area (Å²) in [6, 6.07) is 19.8. The smallest absolute Gasteiger partial charge is 0.323 e. The third kappa shape index (κ3) is 22.7. The number of primary amides is 1. The Hall–Kier alpha value is -8.73. The van der Waals surface area contributed by atoms with E-state index in [-0.39, 0.29) is 55.1 Å². The number of anilines is 2. The van der Waals surface area contributed by atoms with Crippen LogP contribution in [0.15, 0.2) is 126 Å². The zero-order valence-electron chi connectivity index (χ0n) is 48.7. The second-order valence-electron chi connectivity index (χ2n) is 20.9. The summed E-state index contributed by atoms with van der Waals surface area (Å²) < 4.78 is 5.19. The van der Waals surface area contributed by atoms with Gasteiger partial charge in [0.1, 0.15) is 59.2 Å². The number of nitrogens with zero attached hydrogens (tertiary/aromatic N) is 1. The molecule has 0 aromatic heterocycles. The predicted octanol–water partition coefficient (Wildman–Crippen LogP) is 2.66. The number of halogens is 1. The van der Waals surface area contributed by atoms with Crippen molar-refractivity contribution in [2.24, 2.45) is 22.2 Å². The Labute approximate surface area is 526 Å². The average molecular weight is 1280 g/mol. The minimum absolute atomic E-state index is 0.0141. The zero-order chi connectivity index (χ0) is 64.6. The molecule has 5 aromatic rings. The van der Waals surface area contributed by atoms with E-state index < -0.39 is 107 Å². The number of unbranched alkanes of at least 4 members (excludes halogenated alkanes) is 2.